The van der Waals surface area contributed by atoms with Crippen LogP contribution in [-0.4, -0.2) is 50.8 Å². The molecular weight excluding hydrogens is 236 g/mol. The number of nitrogens with one attached hydrogen (secondary N) is 1. The summed E-state index contributed by atoms with van der Waals surface area (Å²) in [6.07, 6.45) is 4.08. The molecule has 3 nitrogen and oxygen atoms in total. The number of hydrogen-bond donors (Lipinski definition) is 1. The lowest BCUT2D eigenvalue weighted by Gasteiger charge is -2.29. The third-order valence-corrected chi connectivity index (χ3v) is 4.09. The van der Waals surface area contributed by atoms with Crippen molar-refractivity contribution in [2.45, 2.75) is 53.0 Å². The second kappa shape index (κ2) is 8.23. The Kier molecular flexibility index (Phi) is 7.33. The zero-order valence-corrected chi connectivity index (χ0v) is 13.7. The normalized spacial score (nSPS) is 18.0. The van der Waals surface area contributed by atoms with Crippen LogP contribution < -0.4 is 5.32 Å². The number of rotatable bonds is 10. The minimum atomic E-state index is 0.435. The summed E-state index contributed by atoms with van der Waals surface area (Å²) in [6, 6.07) is 0.722. The molecule has 1 fully saturated rings. The van der Waals surface area contributed by atoms with Crippen LogP contribution in [-0.2, 0) is 4.74 Å². The van der Waals surface area contributed by atoms with Crippen molar-refractivity contribution >= 4 is 0 Å². The Balaban J connectivity index is 2.16. The van der Waals surface area contributed by atoms with Gasteiger partial charge in [-0.25, -0.2) is 0 Å². The lowest BCUT2D eigenvalue weighted by atomic mass is 9.92. The summed E-state index contributed by atoms with van der Waals surface area (Å²) in [6.45, 7) is 14.6. The van der Waals surface area contributed by atoms with Gasteiger partial charge in [0.2, 0.25) is 0 Å². The van der Waals surface area contributed by atoms with Crippen LogP contribution in [0, 0.1) is 11.3 Å². The van der Waals surface area contributed by atoms with Gasteiger partial charge in [0.15, 0.2) is 0 Å². The predicted octanol–water partition coefficient (Wildman–Crippen LogP) is 2.76. The van der Waals surface area contributed by atoms with Gasteiger partial charge in [0.05, 0.1) is 6.61 Å². The maximum Gasteiger partial charge on any atom is 0.0589 e. The van der Waals surface area contributed by atoms with Crippen molar-refractivity contribution in [1.82, 2.24) is 10.2 Å². The van der Waals surface area contributed by atoms with E-state index < -0.39 is 0 Å². The van der Waals surface area contributed by atoms with E-state index >= 15 is 0 Å². The second-order valence-electron chi connectivity index (χ2n) is 7.17. The smallest absolute Gasteiger partial charge is 0.0589 e. The highest BCUT2D eigenvalue weighted by atomic mass is 16.5. The first-order valence-corrected chi connectivity index (χ1v) is 7.88. The number of nitrogens with zero attached hydrogens (tertiary/aromatic N) is 1. The molecule has 1 aliphatic carbocycles. The SMILES string of the molecule is COCCN(CCNCCC(C)(C)C)C(C)C1CC1. The van der Waals surface area contributed by atoms with Gasteiger partial charge in [-0.15, -0.1) is 0 Å². The van der Waals surface area contributed by atoms with Gasteiger partial charge in [-0.05, 0) is 44.1 Å². The standard InChI is InChI=1S/C16H34N2O/c1-14(15-6-7-15)18(12-13-19-5)11-10-17-9-8-16(2,3)4/h14-15,17H,6-13H2,1-5H3. The van der Waals surface area contributed by atoms with Gasteiger partial charge in [0, 0.05) is 32.8 Å². The van der Waals surface area contributed by atoms with Gasteiger partial charge in [0.1, 0.15) is 0 Å². The van der Waals surface area contributed by atoms with Crippen molar-refractivity contribution in [1.29, 1.82) is 0 Å². The fraction of sp³-hybridized carbons (Fsp3) is 1.00. The van der Waals surface area contributed by atoms with Crippen molar-refractivity contribution in [2.75, 3.05) is 39.9 Å². The van der Waals surface area contributed by atoms with Crippen LogP contribution in [0.1, 0.15) is 47.0 Å². The van der Waals surface area contributed by atoms with Crippen LogP contribution in [0.15, 0.2) is 0 Å². The maximum absolute atomic E-state index is 5.23. The molecule has 0 aromatic rings. The van der Waals surface area contributed by atoms with Crippen LogP contribution in [0.3, 0.4) is 0 Å². The molecule has 1 unspecified atom stereocenters. The van der Waals surface area contributed by atoms with Crippen molar-refractivity contribution < 1.29 is 4.74 Å². The molecule has 114 valence electrons. The van der Waals surface area contributed by atoms with E-state index in [1.165, 1.54) is 19.3 Å². The molecular formula is C16H34N2O. The predicted molar refractivity (Wildman–Crippen MR) is 82.6 cm³/mol. The molecule has 1 atom stereocenters. The molecule has 0 aromatic heterocycles. The van der Waals surface area contributed by atoms with Gasteiger partial charge in [-0.3, -0.25) is 4.90 Å². The highest BCUT2D eigenvalue weighted by Crippen LogP contribution is 2.34. The van der Waals surface area contributed by atoms with Gasteiger partial charge < -0.3 is 10.1 Å². The van der Waals surface area contributed by atoms with Crippen molar-refractivity contribution in [3.8, 4) is 0 Å². The van der Waals surface area contributed by atoms with Crippen LogP contribution in [0.4, 0.5) is 0 Å². The monoisotopic (exact) mass is 270 g/mol. The molecule has 0 aliphatic heterocycles. The zero-order chi connectivity index (χ0) is 14.3. The molecule has 0 amide bonds. The Hall–Kier alpha value is -0.120. The number of ether oxygens (including phenoxy) is 1. The Morgan fingerprint density at radius 2 is 1.89 bits per heavy atom. The Morgan fingerprint density at radius 1 is 1.21 bits per heavy atom. The fourth-order valence-corrected chi connectivity index (χ4v) is 2.42. The summed E-state index contributed by atoms with van der Waals surface area (Å²) in [4.78, 5) is 2.59. The molecule has 0 saturated heterocycles. The Bertz CT molecular complexity index is 233. The summed E-state index contributed by atoms with van der Waals surface area (Å²) in [5.41, 5.74) is 0.435. The summed E-state index contributed by atoms with van der Waals surface area (Å²) in [5, 5.41) is 3.58. The van der Waals surface area contributed by atoms with Gasteiger partial charge in [-0.2, -0.15) is 0 Å². The highest BCUT2D eigenvalue weighted by Gasteiger charge is 2.31. The largest absolute Gasteiger partial charge is 0.383 e. The topological polar surface area (TPSA) is 24.5 Å². The summed E-state index contributed by atoms with van der Waals surface area (Å²) < 4.78 is 5.23. The van der Waals surface area contributed by atoms with E-state index in [4.69, 9.17) is 4.74 Å². The lowest BCUT2D eigenvalue weighted by Crippen LogP contribution is -2.41. The molecule has 1 saturated carbocycles. The molecule has 0 aromatic carbocycles. The Labute approximate surface area is 120 Å². The first-order chi connectivity index (χ1) is 8.94. The average molecular weight is 270 g/mol. The lowest BCUT2D eigenvalue weighted by molar-refractivity contribution is 0.117. The number of hydrogen-bond acceptors (Lipinski definition) is 3. The zero-order valence-electron chi connectivity index (χ0n) is 13.7. The van der Waals surface area contributed by atoms with Crippen LogP contribution in [0.5, 0.6) is 0 Å². The van der Waals surface area contributed by atoms with Gasteiger partial charge in [0.25, 0.3) is 0 Å². The van der Waals surface area contributed by atoms with E-state index in [2.05, 4.69) is 37.9 Å². The van der Waals surface area contributed by atoms with Crippen molar-refractivity contribution in [3.63, 3.8) is 0 Å². The van der Waals surface area contributed by atoms with E-state index in [0.717, 1.165) is 44.7 Å². The third-order valence-electron chi connectivity index (χ3n) is 4.09. The van der Waals surface area contributed by atoms with Gasteiger partial charge >= 0.3 is 0 Å². The van der Waals surface area contributed by atoms with Crippen molar-refractivity contribution in [2.24, 2.45) is 11.3 Å². The van der Waals surface area contributed by atoms with E-state index in [1.54, 1.807) is 7.11 Å². The van der Waals surface area contributed by atoms with E-state index in [1.807, 2.05) is 0 Å². The quantitative estimate of drug-likeness (QED) is 0.618. The molecule has 1 aliphatic rings. The fourth-order valence-electron chi connectivity index (χ4n) is 2.42. The minimum absolute atomic E-state index is 0.435. The van der Waals surface area contributed by atoms with E-state index in [-0.39, 0.29) is 0 Å². The highest BCUT2D eigenvalue weighted by molar-refractivity contribution is 4.85. The molecule has 0 spiro atoms. The molecule has 1 rings (SSSR count). The van der Waals surface area contributed by atoms with Crippen molar-refractivity contribution in [3.05, 3.63) is 0 Å². The van der Waals surface area contributed by atoms with E-state index in [9.17, 15) is 0 Å². The molecule has 0 bridgehead atoms. The molecule has 19 heavy (non-hydrogen) atoms. The first kappa shape index (κ1) is 16.9. The molecule has 1 N–H and O–H groups in total. The van der Waals surface area contributed by atoms with Crippen LogP contribution >= 0.6 is 0 Å². The van der Waals surface area contributed by atoms with E-state index in [0.29, 0.717) is 5.41 Å². The second-order valence-corrected chi connectivity index (χ2v) is 7.17. The molecule has 3 heteroatoms. The van der Waals surface area contributed by atoms with Crippen LogP contribution in [0.2, 0.25) is 0 Å². The minimum Gasteiger partial charge on any atom is -0.383 e. The first-order valence-electron chi connectivity index (χ1n) is 7.88. The number of methoxy groups -OCH3 is 1. The molecule has 0 radical (unpaired) electrons. The maximum atomic E-state index is 5.23. The summed E-state index contributed by atoms with van der Waals surface area (Å²) in [5.74, 6) is 0.937. The molecule has 0 heterocycles. The Morgan fingerprint density at radius 3 is 2.42 bits per heavy atom. The summed E-state index contributed by atoms with van der Waals surface area (Å²) >= 11 is 0. The summed E-state index contributed by atoms with van der Waals surface area (Å²) in [7, 11) is 1.79. The average Bonchev–Trinajstić information content (AvgIpc) is 3.14. The third kappa shape index (κ3) is 7.91. The van der Waals surface area contributed by atoms with Gasteiger partial charge in [-0.1, -0.05) is 20.8 Å². The van der Waals surface area contributed by atoms with Crippen LogP contribution in [0.25, 0.3) is 0 Å².